The predicted molar refractivity (Wildman–Crippen MR) is 105 cm³/mol. The van der Waals surface area contributed by atoms with E-state index in [1.807, 2.05) is 32.0 Å². The highest BCUT2D eigenvalue weighted by atomic mass is 16.2. The Kier molecular flexibility index (Phi) is 7.57. The van der Waals surface area contributed by atoms with Crippen LogP contribution in [0.1, 0.15) is 39.3 Å². The fourth-order valence-electron chi connectivity index (χ4n) is 2.81. The summed E-state index contributed by atoms with van der Waals surface area (Å²) in [5.41, 5.74) is 0.251. The number of hydrogen-bond donors (Lipinski definition) is 3. The highest BCUT2D eigenvalue weighted by Crippen LogP contribution is 2.20. The molecule has 2 rings (SSSR count). The van der Waals surface area contributed by atoms with E-state index in [2.05, 4.69) is 25.9 Å². The molecule has 0 aliphatic carbocycles. The van der Waals surface area contributed by atoms with Crippen LogP contribution in [-0.4, -0.2) is 59.5 Å². The Balaban J connectivity index is 1.77. The van der Waals surface area contributed by atoms with Crippen molar-refractivity contribution in [2.75, 3.05) is 26.2 Å². The number of carbonyl (C=O) groups is 2. The molecule has 0 bridgehead atoms. The van der Waals surface area contributed by atoms with Crippen molar-refractivity contribution in [3.8, 4) is 0 Å². The second kappa shape index (κ2) is 9.89. The summed E-state index contributed by atoms with van der Waals surface area (Å²) in [6, 6.07) is 5.56. The van der Waals surface area contributed by atoms with E-state index in [0.29, 0.717) is 25.9 Å². The summed E-state index contributed by atoms with van der Waals surface area (Å²) in [5, 5.41) is 9.24. The van der Waals surface area contributed by atoms with Crippen molar-refractivity contribution < 1.29 is 9.59 Å². The fourth-order valence-corrected chi connectivity index (χ4v) is 2.81. The summed E-state index contributed by atoms with van der Waals surface area (Å²) >= 11 is 0. The van der Waals surface area contributed by atoms with Crippen LogP contribution < -0.4 is 16.0 Å². The molecule has 0 aromatic carbocycles. The van der Waals surface area contributed by atoms with Crippen molar-refractivity contribution in [2.24, 2.45) is 4.99 Å². The molecular weight excluding hydrogens is 344 g/mol. The van der Waals surface area contributed by atoms with Crippen molar-refractivity contribution in [1.82, 2.24) is 25.8 Å². The molecule has 1 unspecified atom stereocenters. The lowest BCUT2D eigenvalue weighted by Crippen LogP contribution is -2.43. The molecule has 1 aromatic rings. The van der Waals surface area contributed by atoms with Gasteiger partial charge >= 0.3 is 6.03 Å². The number of carbonyl (C=O) groups excluding carboxylic acids is 2. The molecule has 1 aliphatic heterocycles. The minimum absolute atomic E-state index is 0.153. The smallest absolute Gasteiger partial charge is 0.325 e. The number of amides is 3. The van der Waals surface area contributed by atoms with Crippen LogP contribution >= 0.6 is 0 Å². The molecule has 8 nitrogen and oxygen atoms in total. The van der Waals surface area contributed by atoms with Crippen LogP contribution in [-0.2, 0) is 11.2 Å². The summed E-state index contributed by atoms with van der Waals surface area (Å²) in [4.78, 5) is 34.5. The quantitative estimate of drug-likeness (QED) is 0.262. The summed E-state index contributed by atoms with van der Waals surface area (Å²) < 4.78 is 0. The van der Waals surface area contributed by atoms with Crippen LogP contribution in [0.4, 0.5) is 4.79 Å². The molecule has 0 radical (unpaired) electrons. The van der Waals surface area contributed by atoms with Gasteiger partial charge in [0.25, 0.3) is 5.91 Å². The number of nitrogens with one attached hydrogen (secondary N) is 3. The first-order valence-corrected chi connectivity index (χ1v) is 9.56. The first kappa shape index (κ1) is 20.7. The highest BCUT2D eigenvalue weighted by molar-refractivity contribution is 6.06. The Bertz CT molecular complexity index is 663. The lowest BCUT2D eigenvalue weighted by molar-refractivity contribution is -0.130. The monoisotopic (exact) mass is 374 g/mol. The SMILES string of the molecule is CCNC(=NCCCN1C(=O)NC(C)(CC)C1=O)NCCc1ccccn1. The lowest BCUT2D eigenvalue weighted by Gasteiger charge is -2.19. The number of pyridine rings is 1. The van der Waals surface area contributed by atoms with E-state index in [4.69, 9.17) is 0 Å². The molecule has 1 fully saturated rings. The summed E-state index contributed by atoms with van der Waals surface area (Å²) in [6.45, 7) is 8.05. The Labute approximate surface area is 160 Å². The van der Waals surface area contributed by atoms with Crippen LogP contribution in [0.5, 0.6) is 0 Å². The number of rotatable bonds is 9. The van der Waals surface area contributed by atoms with Gasteiger partial charge in [-0.3, -0.25) is 19.7 Å². The molecule has 1 saturated heterocycles. The van der Waals surface area contributed by atoms with E-state index in [1.165, 1.54) is 4.90 Å². The number of aromatic nitrogens is 1. The van der Waals surface area contributed by atoms with Gasteiger partial charge in [-0.1, -0.05) is 13.0 Å². The topological polar surface area (TPSA) is 98.7 Å². The second-order valence-corrected chi connectivity index (χ2v) is 6.68. The average molecular weight is 374 g/mol. The Morgan fingerprint density at radius 3 is 2.74 bits per heavy atom. The van der Waals surface area contributed by atoms with Crippen molar-refractivity contribution in [1.29, 1.82) is 0 Å². The number of aliphatic imine (C=N–C) groups is 1. The number of guanidine groups is 1. The van der Waals surface area contributed by atoms with Crippen molar-refractivity contribution in [3.63, 3.8) is 0 Å². The van der Waals surface area contributed by atoms with Crippen molar-refractivity contribution in [2.45, 2.75) is 45.6 Å². The summed E-state index contributed by atoms with van der Waals surface area (Å²) in [5.74, 6) is 0.573. The van der Waals surface area contributed by atoms with Gasteiger partial charge in [-0.05, 0) is 38.8 Å². The van der Waals surface area contributed by atoms with Gasteiger partial charge in [-0.15, -0.1) is 0 Å². The molecule has 0 saturated carbocycles. The zero-order valence-electron chi connectivity index (χ0n) is 16.4. The first-order valence-electron chi connectivity index (χ1n) is 9.56. The van der Waals surface area contributed by atoms with E-state index >= 15 is 0 Å². The van der Waals surface area contributed by atoms with Gasteiger partial charge in [0.2, 0.25) is 0 Å². The minimum Gasteiger partial charge on any atom is -0.357 e. The molecule has 0 spiro atoms. The maximum atomic E-state index is 12.4. The van der Waals surface area contributed by atoms with Crippen molar-refractivity contribution in [3.05, 3.63) is 30.1 Å². The molecule has 148 valence electrons. The minimum atomic E-state index is -0.775. The van der Waals surface area contributed by atoms with Gasteiger partial charge in [-0.2, -0.15) is 0 Å². The van der Waals surface area contributed by atoms with E-state index in [0.717, 1.165) is 31.2 Å². The standard InChI is InChI=1S/C19H30N6O2/c1-4-19(3)16(26)25(18(27)24-19)14-8-12-22-17(20-5-2)23-13-10-15-9-6-7-11-21-15/h6-7,9,11H,4-5,8,10,12-14H2,1-3H3,(H,24,27)(H2,20,22,23). The van der Waals surface area contributed by atoms with Gasteiger partial charge in [-0.25, -0.2) is 4.79 Å². The normalized spacial score (nSPS) is 20.0. The van der Waals surface area contributed by atoms with Gasteiger partial charge in [0.05, 0.1) is 0 Å². The third-order valence-electron chi connectivity index (χ3n) is 4.61. The molecule has 2 heterocycles. The average Bonchev–Trinajstić information content (AvgIpc) is 2.89. The van der Waals surface area contributed by atoms with E-state index < -0.39 is 5.54 Å². The third kappa shape index (κ3) is 5.67. The Morgan fingerprint density at radius 1 is 1.30 bits per heavy atom. The van der Waals surface area contributed by atoms with Gasteiger partial charge in [0.1, 0.15) is 5.54 Å². The summed E-state index contributed by atoms with van der Waals surface area (Å²) in [6.07, 6.45) is 3.80. The molecule has 3 amide bonds. The van der Waals surface area contributed by atoms with E-state index in [-0.39, 0.29) is 11.9 Å². The zero-order chi connectivity index (χ0) is 19.7. The number of urea groups is 1. The highest BCUT2D eigenvalue weighted by Gasteiger charge is 2.45. The molecule has 3 N–H and O–H groups in total. The fraction of sp³-hybridized carbons (Fsp3) is 0.579. The number of hydrogen-bond acceptors (Lipinski definition) is 4. The molecule has 27 heavy (non-hydrogen) atoms. The van der Waals surface area contributed by atoms with Crippen LogP contribution in [0.25, 0.3) is 0 Å². The predicted octanol–water partition coefficient (Wildman–Crippen LogP) is 1.29. The Morgan fingerprint density at radius 2 is 2.11 bits per heavy atom. The van der Waals surface area contributed by atoms with Gasteiger partial charge in [0.15, 0.2) is 5.96 Å². The van der Waals surface area contributed by atoms with Gasteiger partial charge in [0, 0.05) is 44.5 Å². The Hall–Kier alpha value is -2.64. The molecular formula is C19H30N6O2. The zero-order valence-corrected chi connectivity index (χ0v) is 16.4. The van der Waals surface area contributed by atoms with Gasteiger partial charge < -0.3 is 16.0 Å². The lowest BCUT2D eigenvalue weighted by atomic mass is 9.99. The number of imide groups is 1. The molecule has 1 aliphatic rings. The second-order valence-electron chi connectivity index (χ2n) is 6.68. The number of nitrogens with zero attached hydrogens (tertiary/aromatic N) is 3. The largest absolute Gasteiger partial charge is 0.357 e. The van der Waals surface area contributed by atoms with E-state index in [9.17, 15) is 9.59 Å². The summed E-state index contributed by atoms with van der Waals surface area (Å²) in [7, 11) is 0. The molecule has 8 heteroatoms. The van der Waals surface area contributed by atoms with Crippen LogP contribution in [0, 0.1) is 0 Å². The van der Waals surface area contributed by atoms with Crippen LogP contribution in [0.3, 0.4) is 0 Å². The maximum absolute atomic E-state index is 12.4. The third-order valence-corrected chi connectivity index (χ3v) is 4.61. The molecule has 1 aromatic heterocycles. The molecule has 1 atom stereocenters. The van der Waals surface area contributed by atoms with Crippen molar-refractivity contribution >= 4 is 17.9 Å². The first-order chi connectivity index (χ1) is 13.0. The van der Waals surface area contributed by atoms with Crippen LogP contribution in [0.2, 0.25) is 0 Å². The van der Waals surface area contributed by atoms with Crippen LogP contribution in [0.15, 0.2) is 29.4 Å². The maximum Gasteiger partial charge on any atom is 0.325 e. The van der Waals surface area contributed by atoms with E-state index in [1.54, 1.807) is 13.1 Å².